The van der Waals surface area contributed by atoms with Crippen LogP contribution >= 0.6 is 0 Å². The Morgan fingerprint density at radius 3 is 2.76 bits per heavy atom. The van der Waals surface area contributed by atoms with E-state index in [0.29, 0.717) is 6.42 Å². The van der Waals surface area contributed by atoms with Crippen molar-refractivity contribution in [2.75, 3.05) is 11.9 Å². The van der Waals surface area contributed by atoms with E-state index in [2.05, 4.69) is 56.4 Å². The third-order valence-corrected chi connectivity index (χ3v) is 3.02. The highest BCUT2D eigenvalue weighted by molar-refractivity contribution is 5.45. The fraction of sp³-hybridized carbons (Fsp3) is 0.533. The first-order chi connectivity index (χ1) is 8.07. The Balaban J connectivity index is 2.52. The van der Waals surface area contributed by atoms with Crippen molar-refractivity contribution in [1.82, 2.24) is 0 Å². The molecule has 0 aromatic heterocycles. The van der Waals surface area contributed by atoms with E-state index < -0.39 is 0 Å². The average molecular weight is 230 g/mol. The van der Waals surface area contributed by atoms with E-state index in [1.807, 2.05) is 0 Å². The van der Waals surface area contributed by atoms with Gasteiger partial charge in [0, 0.05) is 18.7 Å². The Labute approximate surface area is 105 Å². The van der Waals surface area contributed by atoms with E-state index in [1.54, 1.807) is 0 Å². The average Bonchev–Trinajstić information content (AvgIpc) is 2.34. The molecule has 1 aromatic rings. The molecule has 1 aromatic carbocycles. The number of nitriles is 1. The summed E-state index contributed by atoms with van der Waals surface area (Å²) in [6.45, 7) is 7.46. The van der Waals surface area contributed by atoms with Gasteiger partial charge in [-0.1, -0.05) is 32.9 Å². The molecular weight excluding hydrogens is 208 g/mol. The summed E-state index contributed by atoms with van der Waals surface area (Å²) in [5, 5.41) is 12.1. The van der Waals surface area contributed by atoms with E-state index in [4.69, 9.17) is 5.26 Å². The summed E-state index contributed by atoms with van der Waals surface area (Å²) in [5.41, 5.74) is 2.69. The number of aryl methyl sites for hydroxylation is 1. The SMILES string of the molecule is CCc1cccc(NCC(C)(C)CCC#N)c1. The van der Waals surface area contributed by atoms with Crippen LogP contribution in [-0.2, 0) is 6.42 Å². The molecule has 0 saturated carbocycles. The van der Waals surface area contributed by atoms with Crippen molar-refractivity contribution in [3.05, 3.63) is 29.8 Å². The molecule has 0 radical (unpaired) electrons. The molecule has 2 heteroatoms. The van der Waals surface area contributed by atoms with Gasteiger partial charge in [0.1, 0.15) is 0 Å². The van der Waals surface area contributed by atoms with E-state index in [0.717, 1.165) is 19.4 Å². The van der Waals surface area contributed by atoms with Gasteiger partial charge in [-0.25, -0.2) is 0 Å². The molecule has 0 unspecified atom stereocenters. The first-order valence-corrected chi connectivity index (χ1v) is 6.27. The molecule has 0 fully saturated rings. The lowest BCUT2D eigenvalue weighted by Gasteiger charge is -2.24. The molecule has 0 bridgehead atoms. The fourth-order valence-corrected chi connectivity index (χ4v) is 1.73. The van der Waals surface area contributed by atoms with E-state index in [1.165, 1.54) is 11.3 Å². The second-order valence-corrected chi connectivity index (χ2v) is 5.23. The monoisotopic (exact) mass is 230 g/mol. The normalized spacial score (nSPS) is 10.9. The highest BCUT2D eigenvalue weighted by Crippen LogP contribution is 2.23. The van der Waals surface area contributed by atoms with Crippen molar-refractivity contribution in [1.29, 1.82) is 5.26 Å². The van der Waals surface area contributed by atoms with Crippen molar-refractivity contribution >= 4 is 5.69 Å². The lowest BCUT2D eigenvalue weighted by molar-refractivity contribution is 0.364. The molecule has 0 spiro atoms. The molecule has 0 aliphatic rings. The third kappa shape index (κ3) is 4.91. The number of benzene rings is 1. The predicted molar refractivity (Wildman–Crippen MR) is 72.9 cm³/mol. The number of hydrogen-bond acceptors (Lipinski definition) is 2. The van der Waals surface area contributed by atoms with E-state index >= 15 is 0 Å². The molecule has 0 amide bonds. The molecule has 0 saturated heterocycles. The number of nitrogens with one attached hydrogen (secondary N) is 1. The molecule has 2 nitrogen and oxygen atoms in total. The van der Waals surface area contributed by atoms with Crippen LogP contribution in [-0.4, -0.2) is 6.54 Å². The summed E-state index contributed by atoms with van der Waals surface area (Å²) in [7, 11) is 0. The second kappa shape index (κ2) is 6.30. The van der Waals surface area contributed by atoms with Gasteiger partial charge >= 0.3 is 0 Å². The maximum atomic E-state index is 8.61. The van der Waals surface area contributed by atoms with Crippen LogP contribution in [0.1, 0.15) is 39.2 Å². The molecule has 92 valence electrons. The summed E-state index contributed by atoms with van der Waals surface area (Å²) in [6.07, 6.45) is 2.63. The van der Waals surface area contributed by atoms with Gasteiger partial charge in [0.2, 0.25) is 0 Å². The summed E-state index contributed by atoms with van der Waals surface area (Å²) in [5.74, 6) is 0. The van der Waals surface area contributed by atoms with Gasteiger partial charge in [-0.15, -0.1) is 0 Å². The number of rotatable bonds is 6. The zero-order chi connectivity index (χ0) is 12.7. The van der Waals surface area contributed by atoms with Crippen LogP contribution in [0, 0.1) is 16.7 Å². The van der Waals surface area contributed by atoms with Gasteiger partial charge in [0.05, 0.1) is 6.07 Å². The Bertz CT molecular complexity index is 388. The number of hydrogen-bond donors (Lipinski definition) is 1. The number of nitrogens with zero attached hydrogens (tertiary/aromatic N) is 1. The molecule has 0 heterocycles. The van der Waals surface area contributed by atoms with Crippen LogP contribution in [0.15, 0.2) is 24.3 Å². The minimum absolute atomic E-state index is 0.165. The Kier molecular flexibility index (Phi) is 5.03. The van der Waals surface area contributed by atoms with Gasteiger partial charge in [-0.3, -0.25) is 0 Å². The highest BCUT2D eigenvalue weighted by atomic mass is 14.9. The van der Waals surface area contributed by atoms with Gasteiger partial charge in [0.25, 0.3) is 0 Å². The molecule has 1 N–H and O–H groups in total. The summed E-state index contributed by atoms with van der Waals surface area (Å²) < 4.78 is 0. The first kappa shape index (κ1) is 13.6. The smallest absolute Gasteiger partial charge is 0.0621 e. The molecule has 1 rings (SSSR count). The lowest BCUT2D eigenvalue weighted by atomic mass is 9.88. The zero-order valence-corrected chi connectivity index (χ0v) is 11.1. The van der Waals surface area contributed by atoms with Crippen molar-refractivity contribution in [3.63, 3.8) is 0 Å². The zero-order valence-electron chi connectivity index (χ0n) is 11.1. The largest absolute Gasteiger partial charge is 0.385 e. The summed E-state index contributed by atoms with van der Waals surface area (Å²) in [6, 6.07) is 10.7. The van der Waals surface area contributed by atoms with Gasteiger partial charge < -0.3 is 5.32 Å². The van der Waals surface area contributed by atoms with Crippen LogP contribution in [0.4, 0.5) is 5.69 Å². The van der Waals surface area contributed by atoms with E-state index in [9.17, 15) is 0 Å². The fourth-order valence-electron chi connectivity index (χ4n) is 1.73. The van der Waals surface area contributed by atoms with Gasteiger partial charge in [-0.2, -0.15) is 5.26 Å². The van der Waals surface area contributed by atoms with Crippen molar-refractivity contribution in [3.8, 4) is 6.07 Å². The minimum atomic E-state index is 0.165. The van der Waals surface area contributed by atoms with Crippen molar-refractivity contribution in [2.45, 2.75) is 40.0 Å². The predicted octanol–water partition coefficient (Wildman–Crippen LogP) is 3.99. The molecule has 17 heavy (non-hydrogen) atoms. The Hall–Kier alpha value is -1.49. The number of anilines is 1. The van der Waals surface area contributed by atoms with Crippen molar-refractivity contribution < 1.29 is 0 Å². The maximum absolute atomic E-state index is 8.61. The highest BCUT2D eigenvalue weighted by Gasteiger charge is 2.16. The van der Waals surface area contributed by atoms with Gasteiger partial charge in [-0.05, 0) is 36.0 Å². The third-order valence-electron chi connectivity index (χ3n) is 3.02. The Morgan fingerprint density at radius 2 is 2.12 bits per heavy atom. The maximum Gasteiger partial charge on any atom is 0.0621 e. The standard InChI is InChI=1S/C15H22N2/c1-4-13-7-5-8-14(11-13)17-12-15(2,3)9-6-10-16/h5,7-8,11,17H,4,6,9,12H2,1-3H3. The molecule has 0 aliphatic heterocycles. The van der Waals surface area contributed by atoms with E-state index in [-0.39, 0.29) is 5.41 Å². The minimum Gasteiger partial charge on any atom is -0.385 e. The van der Waals surface area contributed by atoms with Crippen LogP contribution in [0.2, 0.25) is 0 Å². The van der Waals surface area contributed by atoms with Crippen molar-refractivity contribution in [2.24, 2.45) is 5.41 Å². The van der Waals surface area contributed by atoms with Crippen LogP contribution in [0.25, 0.3) is 0 Å². The lowest BCUT2D eigenvalue weighted by Crippen LogP contribution is -2.22. The Morgan fingerprint density at radius 1 is 1.35 bits per heavy atom. The molecular formula is C15H22N2. The second-order valence-electron chi connectivity index (χ2n) is 5.23. The summed E-state index contributed by atoms with van der Waals surface area (Å²) >= 11 is 0. The molecule has 0 aliphatic carbocycles. The molecule has 0 atom stereocenters. The van der Waals surface area contributed by atoms with Gasteiger partial charge in [0.15, 0.2) is 0 Å². The van der Waals surface area contributed by atoms with Crippen LogP contribution < -0.4 is 5.32 Å². The summed E-state index contributed by atoms with van der Waals surface area (Å²) in [4.78, 5) is 0. The quantitative estimate of drug-likeness (QED) is 0.802. The topological polar surface area (TPSA) is 35.8 Å². The van der Waals surface area contributed by atoms with Crippen LogP contribution in [0.3, 0.4) is 0 Å². The van der Waals surface area contributed by atoms with Crippen LogP contribution in [0.5, 0.6) is 0 Å². The first-order valence-electron chi connectivity index (χ1n) is 6.27.